The molecule has 1 N–H and O–H groups in total. The normalized spacial score (nSPS) is 11.6. The minimum absolute atomic E-state index is 0.317. The Balaban J connectivity index is 2.08. The van der Waals surface area contributed by atoms with Gasteiger partial charge < -0.3 is 4.57 Å². The topological polar surface area (TPSA) is 68.2 Å². The van der Waals surface area contributed by atoms with Gasteiger partial charge in [-0.1, -0.05) is 17.7 Å². The van der Waals surface area contributed by atoms with Crippen molar-refractivity contribution in [2.75, 3.05) is 6.26 Å². The number of aryl methyl sites for hydroxylation is 2. The second-order valence-electron chi connectivity index (χ2n) is 5.95. The lowest BCUT2D eigenvalue weighted by Gasteiger charge is -2.07. The second kappa shape index (κ2) is 5.79. The van der Waals surface area contributed by atoms with Crippen LogP contribution in [-0.4, -0.2) is 25.1 Å². The zero-order chi connectivity index (χ0) is 17.5. The Morgan fingerprint density at radius 2 is 1.71 bits per heavy atom. The average Bonchev–Trinajstić information content (AvgIpc) is 2.83. The number of nitrogens with one attached hydrogen (secondary N) is 1. The van der Waals surface area contributed by atoms with Crippen molar-refractivity contribution in [3.63, 3.8) is 0 Å². The van der Waals surface area contributed by atoms with Gasteiger partial charge in [-0.2, -0.15) is 0 Å². The molecule has 0 spiro atoms. The molecule has 1 amide bonds. The zero-order valence-electron chi connectivity index (χ0n) is 13.7. The third-order valence-corrected chi connectivity index (χ3v) is 4.41. The smallest absolute Gasteiger partial charge is 0.264 e. The molecule has 5 nitrogen and oxygen atoms in total. The highest BCUT2D eigenvalue weighted by Crippen LogP contribution is 2.25. The summed E-state index contributed by atoms with van der Waals surface area (Å²) in [7, 11) is -3.58. The SMILES string of the molecule is Cc1ccc(-n2cc(C)c3cc(C(=O)NS(C)(=O)=O)ccc32)cc1. The molecule has 0 fully saturated rings. The number of nitrogens with zero attached hydrogens (tertiary/aromatic N) is 1. The summed E-state index contributed by atoms with van der Waals surface area (Å²) >= 11 is 0. The van der Waals surface area contributed by atoms with E-state index < -0.39 is 15.9 Å². The van der Waals surface area contributed by atoms with Gasteiger partial charge in [0, 0.05) is 22.8 Å². The maximum atomic E-state index is 12.0. The molecule has 0 aliphatic rings. The number of aromatic nitrogens is 1. The molecule has 0 aliphatic heterocycles. The lowest BCUT2D eigenvalue weighted by molar-refractivity contribution is 0.0982. The Bertz CT molecular complexity index is 1030. The van der Waals surface area contributed by atoms with E-state index in [0.29, 0.717) is 5.56 Å². The van der Waals surface area contributed by atoms with Crippen LogP contribution in [0.15, 0.2) is 48.7 Å². The summed E-state index contributed by atoms with van der Waals surface area (Å²) in [6.45, 7) is 4.00. The van der Waals surface area contributed by atoms with Gasteiger partial charge in [0.25, 0.3) is 5.91 Å². The molecule has 0 bridgehead atoms. The molecule has 2 aromatic carbocycles. The summed E-state index contributed by atoms with van der Waals surface area (Å²) in [5, 5.41) is 0.914. The van der Waals surface area contributed by atoms with Gasteiger partial charge in [0.05, 0.1) is 11.8 Å². The van der Waals surface area contributed by atoms with Crippen molar-refractivity contribution in [2.24, 2.45) is 0 Å². The Morgan fingerprint density at radius 1 is 1.04 bits per heavy atom. The lowest BCUT2D eigenvalue weighted by atomic mass is 10.1. The van der Waals surface area contributed by atoms with Gasteiger partial charge in [-0.25, -0.2) is 13.1 Å². The van der Waals surface area contributed by atoms with Crippen molar-refractivity contribution < 1.29 is 13.2 Å². The van der Waals surface area contributed by atoms with Crippen molar-refractivity contribution in [3.05, 3.63) is 65.4 Å². The standard InChI is InChI=1S/C18H18N2O3S/c1-12-4-7-15(8-5-12)20-11-13(2)16-10-14(6-9-17(16)20)18(21)19-24(3,22)23/h4-11H,1-3H3,(H,19,21). The number of carbonyl (C=O) groups excluding carboxylic acids is 1. The fourth-order valence-corrected chi connectivity index (χ4v) is 3.14. The fraction of sp³-hybridized carbons (Fsp3) is 0.167. The zero-order valence-corrected chi connectivity index (χ0v) is 14.5. The van der Waals surface area contributed by atoms with Gasteiger partial charge in [0.1, 0.15) is 0 Å². The minimum Gasteiger partial charge on any atom is -0.316 e. The first kappa shape index (κ1) is 16.3. The Morgan fingerprint density at radius 3 is 2.33 bits per heavy atom. The minimum atomic E-state index is -3.58. The number of rotatable bonds is 3. The first-order valence-electron chi connectivity index (χ1n) is 7.45. The third kappa shape index (κ3) is 3.19. The van der Waals surface area contributed by atoms with E-state index >= 15 is 0 Å². The molecule has 124 valence electrons. The summed E-state index contributed by atoms with van der Waals surface area (Å²) in [5.74, 6) is -0.623. The van der Waals surface area contributed by atoms with Gasteiger partial charge in [-0.05, 0) is 49.7 Å². The molecule has 0 saturated heterocycles. The number of fused-ring (bicyclic) bond motifs is 1. The van der Waals surface area contributed by atoms with Crippen LogP contribution in [0.4, 0.5) is 0 Å². The first-order chi connectivity index (χ1) is 11.2. The molecule has 0 radical (unpaired) electrons. The number of benzene rings is 2. The quantitative estimate of drug-likeness (QED) is 0.796. The highest BCUT2D eigenvalue weighted by atomic mass is 32.2. The highest BCUT2D eigenvalue weighted by molar-refractivity contribution is 7.89. The van der Waals surface area contributed by atoms with E-state index in [0.717, 1.165) is 28.4 Å². The number of sulfonamides is 1. The van der Waals surface area contributed by atoms with Crippen LogP contribution in [0.25, 0.3) is 16.6 Å². The molecular formula is C18H18N2O3S. The second-order valence-corrected chi connectivity index (χ2v) is 7.70. The van der Waals surface area contributed by atoms with Crippen LogP contribution in [0.1, 0.15) is 21.5 Å². The Hall–Kier alpha value is -2.60. The molecule has 1 aromatic heterocycles. The van der Waals surface area contributed by atoms with Gasteiger partial charge in [0.2, 0.25) is 10.0 Å². The number of hydrogen-bond donors (Lipinski definition) is 1. The predicted molar refractivity (Wildman–Crippen MR) is 95.1 cm³/mol. The van der Waals surface area contributed by atoms with Crippen LogP contribution < -0.4 is 4.72 Å². The van der Waals surface area contributed by atoms with Crippen molar-refractivity contribution >= 4 is 26.8 Å². The summed E-state index contributed by atoms with van der Waals surface area (Å²) in [6.07, 6.45) is 2.97. The fourth-order valence-electron chi connectivity index (χ4n) is 2.68. The summed E-state index contributed by atoms with van der Waals surface area (Å²) in [5.41, 5.74) is 4.52. The Labute approximate surface area is 141 Å². The number of carbonyl (C=O) groups is 1. The molecule has 3 aromatic rings. The molecule has 0 atom stereocenters. The van der Waals surface area contributed by atoms with Gasteiger partial charge in [-0.3, -0.25) is 4.79 Å². The first-order valence-corrected chi connectivity index (χ1v) is 9.34. The molecule has 6 heteroatoms. The van der Waals surface area contributed by atoms with Crippen molar-refractivity contribution in [1.29, 1.82) is 0 Å². The number of amides is 1. The summed E-state index contributed by atoms with van der Waals surface area (Å²) < 4.78 is 26.5. The van der Waals surface area contributed by atoms with Crippen molar-refractivity contribution in [3.8, 4) is 5.69 Å². The van der Waals surface area contributed by atoms with E-state index in [-0.39, 0.29) is 0 Å². The van der Waals surface area contributed by atoms with E-state index in [4.69, 9.17) is 0 Å². The van der Waals surface area contributed by atoms with E-state index in [1.165, 1.54) is 5.56 Å². The predicted octanol–water partition coefficient (Wildman–Crippen LogP) is 2.94. The van der Waals surface area contributed by atoms with Crippen LogP contribution in [-0.2, 0) is 10.0 Å². The van der Waals surface area contributed by atoms with E-state index in [1.54, 1.807) is 12.1 Å². The molecular weight excluding hydrogens is 324 g/mol. The maximum Gasteiger partial charge on any atom is 0.264 e. The van der Waals surface area contributed by atoms with E-state index in [9.17, 15) is 13.2 Å². The van der Waals surface area contributed by atoms with Crippen LogP contribution in [0.2, 0.25) is 0 Å². The van der Waals surface area contributed by atoms with Gasteiger partial charge >= 0.3 is 0 Å². The molecule has 1 heterocycles. The Kier molecular flexibility index (Phi) is 3.93. The van der Waals surface area contributed by atoms with E-state index in [2.05, 4.69) is 4.57 Å². The molecule has 0 unspecified atom stereocenters. The van der Waals surface area contributed by atoms with Crippen molar-refractivity contribution in [1.82, 2.24) is 9.29 Å². The molecule has 24 heavy (non-hydrogen) atoms. The average molecular weight is 342 g/mol. The van der Waals surface area contributed by atoms with Crippen LogP contribution >= 0.6 is 0 Å². The van der Waals surface area contributed by atoms with Crippen LogP contribution in [0.3, 0.4) is 0 Å². The van der Waals surface area contributed by atoms with E-state index in [1.807, 2.05) is 55.1 Å². The molecule has 0 saturated carbocycles. The maximum absolute atomic E-state index is 12.0. The third-order valence-electron chi connectivity index (χ3n) is 3.86. The number of hydrogen-bond acceptors (Lipinski definition) is 3. The van der Waals surface area contributed by atoms with Crippen LogP contribution in [0, 0.1) is 13.8 Å². The molecule has 3 rings (SSSR count). The molecule has 0 aliphatic carbocycles. The summed E-state index contributed by atoms with van der Waals surface area (Å²) in [4.78, 5) is 12.0. The van der Waals surface area contributed by atoms with Crippen LogP contribution in [0.5, 0.6) is 0 Å². The summed E-state index contributed by atoms with van der Waals surface area (Å²) in [6, 6.07) is 13.4. The lowest BCUT2D eigenvalue weighted by Crippen LogP contribution is -2.29. The monoisotopic (exact) mass is 342 g/mol. The van der Waals surface area contributed by atoms with Gasteiger partial charge in [0.15, 0.2) is 0 Å². The largest absolute Gasteiger partial charge is 0.316 e. The highest BCUT2D eigenvalue weighted by Gasteiger charge is 2.14. The van der Waals surface area contributed by atoms with Gasteiger partial charge in [-0.15, -0.1) is 0 Å². The van der Waals surface area contributed by atoms with Crippen molar-refractivity contribution in [2.45, 2.75) is 13.8 Å².